The molecule has 30 heavy (non-hydrogen) atoms. The van der Waals surface area contributed by atoms with Crippen LogP contribution in [0.3, 0.4) is 0 Å². The Kier molecular flexibility index (Phi) is 8.90. The molecule has 2 amide bonds. The standard InChI is InChI=1S/C24H31BrN2O3/c1-16(2)13-26-24(29)19(5)27(14-20-9-7-10-21(25)12-20)23(28)15-30-22-11-6-8-17(3)18(22)4/h6-12,16,19H,13-15H2,1-5H3,(H,26,29). The zero-order chi connectivity index (χ0) is 22.3. The summed E-state index contributed by atoms with van der Waals surface area (Å²) in [6.45, 7) is 10.6. The van der Waals surface area contributed by atoms with E-state index in [2.05, 4.69) is 21.2 Å². The molecule has 1 N–H and O–H groups in total. The number of nitrogens with one attached hydrogen (secondary N) is 1. The average Bonchev–Trinajstić information content (AvgIpc) is 2.70. The maximum Gasteiger partial charge on any atom is 0.261 e. The Hall–Kier alpha value is -2.34. The Balaban J connectivity index is 2.17. The molecule has 0 aliphatic carbocycles. The molecule has 0 spiro atoms. The van der Waals surface area contributed by atoms with E-state index in [1.54, 1.807) is 11.8 Å². The molecule has 0 saturated carbocycles. The lowest BCUT2D eigenvalue weighted by atomic mass is 10.1. The number of aryl methyl sites for hydroxylation is 1. The van der Waals surface area contributed by atoms with Crippen LogP contribution in [0.5, 0.6) is 5.75 Å². The van der Waals surface area contributed by atoms with E-state index in [-0.39, 0.29) is 18.4 Å². The number of halogens is 1. The molecule has 5 nitrogen and oxygen atoms in total. The van der Waals surface area contributed by atoms with Crippen LogP contribution in [0.4, 0.5) is 0 Å². The van der Waals surface area contributed by atoms with E-state index in [4.69, 9.17) is 4.74 Å². The molecule has 162 valence electrons. The van der Waals surface area contributed by atoms with Crippen LogP contribution in [0.2, 0.25) is 0 Å². The molecular weight excluding hydrogens is 444 g/mol. The molecule has 0 saturated heterocycles. The summed E-state index contributed by atoms with van der Waals surface area (Å²) in [7, 11) is 0. The first-order valence-electron chi connectivity index (χ1n) is 10.2. The van der Waals surface area contributed by atoms with Gasteiger partial charge in [0.2, 0.25) is 5.91 Å². The van der Waals surface area contributed by atoms with Gasteiger partial charge in [0, 0.05) is 17.6 Å². The molecule has 6 heteroatoms. The van der Waals surface area contributed by atoms with Gasteiger partial charge in [-0.2, -0.15) is 0 Å². The fourth-order valence-corrected chi connectivity index (χ4v) is 3.42. The fraction of sp³-hybridized carbons (Fsp3) is 0.417. The van der Waals surface area contributed by atoms with E-state index in [1.807, 2.05) is 70.2 Å². The van der Waals surface area contributed by atoms with Crippen LogP contribution in [-0.4, -0.2) is 35.9 Å². The Labute approximate surface area is 187 Å². The first-order chi connectivity index (χ1) is 14.2. The Morgan fingerprint density at radius 1 is 1.10 bits per heavy atom. The van der Waals surface area contributed by atoms with Crippen molar-refractivity contribution in [1.82, 2.24) is 10.2 Å². The highest BCUT2D eigenvalue weighted by molar-refractivity contribution is 9.10. The number of carbonyl (C=O) groups is 2. The molecule has 0 radical (unpaired) electrons. The van der Waals surface area contributed by atoms with Crippen LogP contribution in [0.1, 0.15) is 37.5 Å². The van der Waals surface area contributed by atoms with Gasteiger partial charge in [-0.25, -0.2) is 0 Å². The zero-order valence-corrected chi connectivity index (χ0v) is 20.0. The molecular formula is C24H31BrN2O3. The molecule has 0 fully saturated rings. The maximum atomic E-state index is 13.1. The molecule has 2 aromatic rings. The van der Waals surface area contributed by atoms with Gasteiger partial charge in [0.05, 0.1) is 0 Å². The number of rotatable bonds is 9. The van der Waals surface area contributed by atoms with Crippen LogP contribution >= 0.6 is 15.9 Å². The van der Waals surface area contributed by atoms with Gasteiger partial charge in [0.1, 0.15) is 11.8 Å². The van der Waals surface area contributed by atoms with E-state index in [0.717, 1.165) is 21.2 Å². The van der Waals surface area contributed by atoms with Crippen LogP contribution in [0, 0.1) is 19.8 Å². The number of hydrogen-bond acceptors (Lipinski definition) is 3. The number of nitrogens with zero attached hydrogens (tertiary/aromatic N) is 1. The summed E-state index contributed by atoms with van der Waals surface area (Å²) in [5.41, 5.74) is 3.05. The highest BCUT2D eigenvalue weighted by Gasteiger charge is 2.26. The van der Waals surface area contributed by atoms with Crippen molar-refractivity contribution in [2.24, 2.45) is 5.92 Å². The van der Waals surface area contributed by atoms with Gasteiger partial charge < -0.3 is 15.0 Å². The van der Waals surface area contributed by atoms with Gasteiger partial charge in [-0.3, -0.25) is 9.59 Å². The predicted octanol–water partition coefficient (Wildman–Crippen LogP) is 4.63. The lowest BCUT2D eigenvalue weighted by Gasteiger charge is -2.29. The molecule has 1 unspecified atom stereocenters. The third kappa shape index (κ3) is 6.87. The van der Waals surface area contributed by atoms with Crippen molar-refractivity contribution in [2.75, 3.05) is 13.2 Å². The lowest BCUT2D eigenvalue weighted by Crippen LogP contribution is -2.49. The number of carbonyl (C=O) groups excluding carboxylic acids is 2. The monoisotopic (exact) mass is 474 g/mol. The predicted molar refractivity (Wildman–Crippen MR) is 123 cm³/mol. The molecule has 1 atom stereocenters. The van der Waals surface area contributed by atoms with E-state index < -0.39 is 6.04 Å². The van der Waals surface area contributed by atoms with Crippen LogP contribution < -0.4 is 10.1 Å². The highest BCUT2D eigenvalue weighted by atomic mass is 79.9. The summed E-state index contributed by atoms with van der Waals surface area (Å²) < 4.78 is 6.74. The number of benzene rings is 2. The Morgan fingerprint density at radius 2 is 1.80 bits per heavy atom. The number of amides is 2. The van der Waals surface area contributed by atoms with Crippen molar-refractivity contribution < 1.29 is 14.3 Å². The zero-order valence-electron chi connectivity index (χ0n) is 18.4. The van der Waals surface area contributed by atoms with E-state index in [0.29, 0.717) is 24.8 Å². The minimum atomic E-state index is -0.613. The van der Waals surface area contributed by atoms with Gasteiger partial charge in [0.25, 0.3) is 5.91 Å². The van der Waals surface area contributed by atoms with Crippen molar-refractivity contribution in [1.29, 1.82) is 0 Å². The fourth-order valence-electron chi connectivity index (χ4n) is 2.97. The van der Waals surface area contributed by atoms with Crippen LogP contribution in [0.15, 0.2) is 46.9 Å². The Morgan fingerprint density at radius 3 is 2.47 bits per heavy atom. The second kappa shape index (κ2) is 11.2. The van der Waals surface area contributed by atoms with Gasteiger partial charge in [-0.1, -0.05) is 54.0 Å². The minimum absolute atomic E-state index is 0.125. The van der Waals surface area contributed by atoms with Crippen LogP contribution in [0.25, 0.3) is 0 Å². The largest absolute Gasteiger partial charge is 0.483 e. The van der Waals surface area contributed by atoms with E-state index in [1.165, 1.54) is 0 Å². The molecule has 0 aliphatic rings. The summed E-state index contributed by atoms with van der Waals surface area (Å²) in [5, 5.41) is 2.92. The average molecular weight is 475 g/mol. The van der Waals surface area contributed by atoms with Crippen molar-refractivity contribution in [3.05, 3.63) is 63.6 Å². The summed E-state index contributed by atoms with van der Waals surface area (Å²) in [4.78, 5) is 27.3. The van der Waals surface area contributed by atoms with E-state index >= 15 is 0 Å². The third-order valence-electron chi connectivity index (χ3n) is 5.00. The van der Waals surface area contributed by atoms with Crippen molar-refractivity contribution >= 4 is 27.7 Å². The first kappa shape index (κ1) is 23.9. The highest BCUT2D eigenvalue weighted by Crippen LogP contribution is 2.21. The SMILES string of the molecule is Cc1cccc(OCC(=O)N(Cc2cccc(Br)c2)C(C)C(=O)NCC(C)C)c1C. The normalized spacial score (nSPS) is 11.8. The summed E-state index contributed by atoms with van der Waals surface area (Å²) >= 11 is 3.46. The molecule has 0 aliphatic heterocycles. The number of ether oxygens (including phenoxy) is 1. The quantitative estimate of drug-likeness (QED) is 0.575. The first-order valence-corrected chi connectivity index (χ1v) is 11.0. The van der Waals surface area contributed by atoms with Crippen LogP contribution in [-0.2, 0) is 16.1 Å². The second-order valence-electron chi connectivity index (χ2n) is 7.95. The molecule has 0 heterocycles. The van der Waals surface area contributed by atoms with Gasteiger partial charge in [-0.15, -0.1) is 0 Å². The summed E-state index contributed by atoms with van der Waals surface area (Å²) in [5.74, 6) is 0.618. The Bertz CT molecular complexity index is 883. The van der Waals surface area contributed by atoms with Crippen molar-refractivity contribution in [3.8, 4) is 5.75 Å². The molecule has 2 aromatic carbocycles. The van der Waals surface area contributed by atoms with Gasteiger partial charge in [0.15, 0.2) is 6.61 Å². The number of hydrogen-bond donors (Lipinski definition) is 1. The van der Waals surface area contributed by atoms with Gasteiger partial charge >= 0.3 is 0 Å². The summed E-state index contributed by atoms with van der Waals surface area (Å²) in [6, 6.07) is 12.9. The third-order valence-corrected chi connectivity index (χ3v) is 5.49. The molecule has 0 bridgehead atoms. The minimum Gasteiger partial charge on any atom is -0.483 e. The lowest BCUT2D eigenvalue weighted by molar-refractivity contribution is -0.142. The van der Waals surface area contributed by atoms with E-state index in [9.17, 15) is 9.59 Å². The van der Waals surface area contributed by atoms with Crippen molar-refractivity contribution in [2.45, 2.75) is 47.2 Å². The van der Waals surface area contributed by atoms with Gasteiger partial charge in [-0.05, 0) is 61.6 Å². The topological polar surface area (TPSA) is 58.6 Å². The summed E-state index contributed by atoms with van der Waals surface area (Å²) in [6.07, 6.45) is 0. The van der Waals surface area contributed by atoms with Crippen molar-refractivity contribution in [3.63, 3.8) is 0 Å². The maximum absolute atomic E-state index is 13.1. The smallest absolute Gasteiger partial charge is 0.261 e. The molecule has 0 aromatic heterocycles. The second-order valence-corrected chi connectivity index (χ2v) is 8.87. The molecule has 2 rings (SSSR count).